The molecule has 1 aromatic carbocycles. The number of hydrogen-bond acceptors (Lipinski definition) is 1. The van der Waals surface area contributed by atoms with Gasteiger partial charge in [0, 0.05) is 0 Å². The van der Waals surface area contributed by atoms with Gasteiger partial charge in [0.15, 0.2) is 0 Å². The second-order valence-corrected chi connectivity index (χ2v) is 4.63. The molecule has 0 aliphatic rings. The first kappa shape index (κ1) is 11.3. The zero-order valence-corrected chi connectivity index (χ0v) is 10.5. The first-order valence-corrected chi connectivity index (χ1v) is 5.78. The Balaban J connectivity index is 2.41. The molecule has 2 heteroatoms. The fraction of sp³-hybridized carbons (Fsp3) is 0.286. The molecule has 1 aromatic heterocycles. The molecule has 0 radical (unpaired) electrons. The maximum Gasteiger partial charge on any atom is 0.128 e. The van der Waals surface area contributed by atoms with Crippen LogP contribution in [0.2, 0.25) is 0 Å². The van der Waals surface area contributed by atoms with Gasteiger partial charge in [-0.2, -0.15) is 0 Å². The van der Waals surface area contributed by atoms with E-state index in [-0.39, 0.29) is 5.38 Å². The third-order valence-corrected chi connectivity index (χ3v) is 3.26. The Morgan fingerprint density at radius 3 is 2.38 bits per heavy atom. The Kier molecular flexibility index (Phi) is 3.06. The molecule has 0 saturated carbocycles. The molecule has 2 aromatic rings. The van der Waals surface area contributed by atoms with Crippen LogP contribution < -0.4 is 0 Å². The van der Waals surface area contributed by atoms with Crippen LogP contribution in [0.4, 0.5) is 0 Å². The maximum absolute atomic E-state index is 6.44. The monoisotopic (exact) mass is 234 g/mol. The molecule has 1 heterocycles. The van der Waals surface area contributed by atoms with E-state index in [1.165, 1.54) is 11.1 Å². The molecule has 0 spiro atoms. The van der Waals surface area contributed by atoms with Crippen LogP contribution in [0.25, 0.3) is 0 Å². The summed E-state index contributed by atoms with van der Waals surface area (Å²) in [7, 11) is 0. The van der Waals surface area contributed by atoms with Crippen LogP contribution in [0.1, 0.15) is 33.4 Å². The highest BCUT2D eigenvalue weighted by atomic mass is 35.5. The summed E-state index contributed by atoms with van der Waals surface area (Å²) < 4.78 is 5.43. The van der Waals surface area contributed by atoms with Gasteiger partial charge in [0.05, 0.1) is 6.26 Å². The van der Waals surface area contributed by atoms with Crippen LogP contribution in [-0.4, -0.2) is 0 Å². The molecule has 0 saturated heterocycles. The molecule has 0 fully saturated rings. The zero-order chi connectivity index (χ0) is 11.7. The van der Waals surface area contributed by atoms with Gasteiger partial charge in [0.2, 0.25) is 0 Å². The fourth-order valence-corrected chi connectivity index (χ4v) is 2.36. The largest absolute Gasteiger partial charge is 0.467 e. The van der Waals surface area contributed by atoms with Gasteiger partial charge in [0.25, 0.3) is 0 Å². The quantitative estimate of drug-likeness (QED) is 0.696. The minimum atomic E-state index is -0.199. The second kappa shape index (κ2) is 4.34. The molecule has 0 N–H and O–H groups in total. The predicted octanol–water partition coefficient (Wildman–Crippen LogP) is 4.53. The molecule has 84 valence electrons. The van der Waals surface area contributed by atoms with Gasteiger partial charge in [-0.25, -0.2) is 0 Å². The van der Waals surface area contributed by atoms with Gasteiger partial charge in [-0.15, -0.1) is 11.6 Å². The van der Waals surface area contributed by atoms with Crippen molar-refractivity contribution in [3.63, 3.8) is 0 Å². The van der Waals surface area contributed by atoms with Crippen LogP contribution in [0.15, 0.2) is 34.9 Å². The van der Waals surface area contributed by atoms with Gasteiger partial charge >= 0.3 is 0 Å². The van der Waals surface area contributed by atoms with Gasteiger partial charge in [-0.05, 0) is 43.5 Å². The molecule has 0 amide bonds. The summed E-state index contributed by atoms with van der Waals surface area (Å²) in [6.45, 7) is 6.17. The number of hydrogen-bond donors (Lipinski definition) is 0. The number of benzene rings is 1. The maximum atomic E-state index is 6.44. The molecule has 1 nitrogen and oxygen atoms in total. The van der Waals surface area contributed by atoms with Crippen molar-refractivity contribution in [3.8, 4) is 0 Å². The Bertz CT molecular complexity index is 499. The minimum absolute atomic E-state index is 0.199. The smallest absolute Gasteiger partial charge is 0.128 e. The van der Waals surface area contributed by atoms with Gasteiger partial charge < -0.3 is 4.42 Å². The van der Waals surface area contributed by atoms with Crippen molar-refractivity contribution in [2.75, 3.05) is 0 Å². The number of furan rings is 1. The van der Waals surface area contributed by atoms with E-state index < -0.39 is 0 Å². The molecule has 1 unspecified atom stereocenters. The highest BCUT2D eigenvalue weighted by molar-refractivity contribution is 6.22. The van der Waals surface area contributed by atoms with E-state index in [0.717, 1.165) is 16.9 Å². The number of halogens is 1. The molecular weight excluding hydrogens is 220 g/mol. The molecule has 16 heavy (non-hydrogen) atoms. The summed E-state index contributed by atoms with van der Waals surface area (Å²) in [5, 5.41) is -0.199. The van der Waals surface area contributed by atoms with Crippen molar-refractivity contribution in [2.24, 2.45) is 0 Å². The standard InChI is InChI=1S/C14H15ClO/c1-9-4-5-12(11(3)8-9)13(15)14-10(2)6-7-16-14/h4-8,13H,1-3H3. The lowest BCUT2D eigenvalue weighted by molar-refractivity contribution is 0.513. The van der Waals surface area contributed by atoms with Crippen LogP contribution >= 0.6 is 11.6 Å². The van der Waals surface area contributed by atoms with E-state index in [2.05, 4.69) is 32.0 Å². The third-order valence-electron chi connectivity index (χ3n) is 2.83. The summed E-state index contributed by atoms with van der Waals surface area (Å²) in [5.41, 5.74) is 4.67. The van der Waals surface area contributed by atoms with E-state index in [0.29, 0.717) is 0 Å². The molecule has 2 rings (SSSR count). The summed E-state index contributed by atoms with van der Waals surface area (Å²) >= 11 is 6.44. The summed E-state index contributed by atoms with van der Waals surface area (Å²) in [4.78, 5) is 0. The molecular formula is C14H15ClO. The van der Waals surface area contributed by atoms with E-state index in [9.17, 15) is 0 Å². The topological polar surface area (TPSA) is 13.1 Å². The lowest BCUT2D eigenvalue weighted by Gasteiger charge is -2.12. The highest BCUT2D eigenvalue weighted by Crippen LogP contribution is 2.33. The Morgan fingerprint density at radius 1 is 1.06 bits per heavy atom. The van der Waals surface area contributed by atoms with Crippen LogP contribution in [0, 0.1) is 20.8 Å². The Hall–Kier alpha value is -1.21. The fourth-order valence-electron chi connectivity index (χ4n) is 1.90. The van der Waals surface area contributed by atoms with Crippen molar-refractivity contribution < 1.29 is 4.42 Å². The van der Waals surface area contributed by atoms with Crippen LogP contribution in [-0.2, 0) is 0 Å². The van der Waals surface area contributed by atoms with Crippen molar-refractivity contribution in [2.45, 2.75) is 26.1 Å². The van der Waals surface area contributed by atoms with Gasteiger partial charge in [0.1, 0.15) is 11.1 Å². The summed E-state index contributed by atoms with van der Waals surface area (Å²) in [5.74, 6) is 0.841. The van der Waals surface area contributed by atoms with Crippen molar-refractivity contribution in [1.29, 1.82) is 0 Å². The second-order valence-electron chi connectivity index (χ2n) is 4.19. The first-order chi connectivity index (χ1) is 7.59. The predicted molar refractivity (Wildman–Crippen MR) is 67.1 cm³/mol. The van der Waals surface area contributed by atoms with Crippen molar-refractivity contribution in [3.05, 3.63) is 58.5 Å². The zero-order valence-electron chi connectivity index (χ0n) is 9.75. The first-order valence-electron chi connectivity index (χ1n) is 5.35. The minimum Gasteiger partial charge on any atom is -0.467 e. The van der Waals surface area contributed by atoms with Crippen molar-refractivity contribution in [1.82, 2.24) is 0 Å². The van der Waals surface area contributed by atoms with Crippen molar-refractivity contribution >= 4 is 11.6 Å². The third kappa shape index (κ3) is 2.00. The Labute approximate surface area is 101 Å². The number of rotatable bonds is 2. The van der Waals surface area contributed by atoms with Crippen LogP contribution in [0.5, 0.6) is 0 Å². The lowest BCUT2D eigenvalue weighted by Crippen LogP contribution is -1.96. The van der Waals surface area contributed by atoms with E-state index in [1.807, 2.05) is 13.0 Å². The molecule has 1 atom stereocenters. The van der Waals surface area contributed by atoms with E-state index in [4.69, 9.17) is 16.0 Å². The number of aryl methyl sites for hydroxylation is 3. The highest BCUT2D eigenvalue weighted by Gasteiger charge is 2.18. The SMILES string of the molecule is Cc1ccc(C(Cl)c2occc2C)c(C)c1. The normalized spacial score (nSPS) is 12.8. The van der Waals surface area contributed by atoms with Gasteiger partial charge in [-0.1, -0.05) is 23.8 Å². The summed E-state index contributed by atoms with van der Waals surface area (Å²) in [6.07, 6.45) is 1.68. The lowest BCUT2D eigenvalue weighted by atomic mass is 10.0. The molecule has 0 aliphatic carbocycles. The van der Waals surface area contributed by atoms with E-state index >= 15 is 0 Å². The summed E-state index contributed by atoms with van der Waals surface area (Å²) in [6, 6.07) is 8.23. The van der Waals surface area contributed by atoms with Gasteiger partial charge in [-0.3, -0.25) is 0 Å². The van der Waals surface area contributed by atoms with Crippen LogP contribution in [0.3, 0.4) is 0 Å². The molecule has 0 aliphatic heterocycles. The van der Waals surface area contributed by atoms with E-state index in [1.54, 1.807) is 6.26 Å². The number of alkyl halides is 1. The molecule has 0 bridgehead atoms. The Morgan fingerprint density at radius 2 is 1.81 bits per heavy atom. The average Bonchev–Trinajstić information content (AvgIpc) is 2.63. The average molecular weight is 235 g/mol.